The quantitative estimate of drug-likeness (QED) is 0.261. The summed E-state index contributed by atoms with van der Waals surface area (Å²) in [5, 5.41) is 11.9. The van der Waals surface area contributed by atoms with Crippen LogP contribution in [0.4, 0.5) is 0 Å². The van der Waals surface area contributed by atoms with Crippen LogP contribution in [0.2, 0.25) is 0 Å². The fourth-order valence-corrected chi connectivity index (χ4v) is 0.891. The molecule has 0 fully saturated rings. The Morgan fingerprint density at radius 3 is 2.38 bits per heavy atom. The number of rotatable bonds is 5. The number of imide groups is 1. The maximum absolute atomic E-state index is 10.9. The van der Waals surface area contributed by atoms with Crippen LogP contribution in [0, 0.1) is 0 Å². The lowest BCUT2D eigenvalue weighted by Crippen LogP contribution is -2.45. The lowest BCUT2D eigenvalue weighted by Gasteiger charge is -2.14. The van der Waals surface area contributed by atoms with Crippen molar-refractivity contribution in [1.29, 1.82) is 0 Å². The van der Waals surface area contributed by atoms with Gasteiger partial charge in [0.15, 0.2) is 0 Å². The van der Waals surface area contributed by atoms with E-state index < -0.39 is 0 Å². The molecule has 0 spiro atoms. The van der Waals surface area contributed by atoms with Gasteiger partial charge in [0.25, 0.3) is 11.8 Å². The van der Waals surface area contributed by atoms with Crippen molar-refractivity contribution in [3.8, 4) is 0 Å². The Labute approximate surface area is 75.2 Å². The average molecular weight is 185 g/mol. The molecule has 13 heavy (non-hydrogen) atoms. The van der Waals surface area contributed by atoms with Gasteiger partial charge in [-0.2, -0.15) is 0 Å². The molecular weight excluding hydrogens is 174 g/mol. The molecule has 0 saturated carbocycles. The summed E-state index contributed by atoms with van der Waals surface area (Å²) in [7, 11) is 0. The van der Waals surface area contributed by atoms with Gasteiger partial charge in [-0.3, -0.25) is 14.9 Å². The second-order valence-electron chi connectivity index (χ2n) is 2.41. The summed E-state index contributed by atoms with van der Waals surface area (Å²) in [6, 6.07) is 0. The monoisotopic (exact) mass is 185 g/mol. The van der Waals surface area contributed by atoms with Crippen LogP contribution in [-0.4, -0.2) is 41.8 Å². The van der Waals surface area contributed by atoms with Gasteiger partial charge in [-0.1, -0.05) is 0 Å². The number of aliphatic hydroxyl groups excluding tert-OH is 1. The number of hydrogen-bond donors (Lipinski definition) is 3. The molecule has 1 heterocycles. The van der Waals surface area contributed by atoms with E-state index in [9.17, 15) is 9.59 Å². The second-order valence-corrected chi connectivity index (χ2v) is 2.41. The molecule has 72 valence electrons. The van der Waals surface area contributed by atoms with Gasteiger partial charge < -0.3 is 5.11 Å². The fourth-order valence-electron chi connectivity index (χ4n) is 0.891. The van der Waals surface area contributed by atoms with E-state index >= 15 is 0 Å². The minimum absolute atomic E-state index is 0.123. The fraction of sp³-hybridized carbons (Fsp3) is 0.429. The van der Waals surface area contributed by atoms with E-state index in [1.807, 2.05) is 0 Å². The SMILES string of the molecule is O=C1C=CC(=O)N1NCCNCO. The minimum atomic E-state index is -0.367. The van der Waals surface area contributed by atoms with E-state index in [2.05, 4.69) is 10.7 Å². The predicted octanol–water partition coefficient (Wildman–Crippen LogP) is -2.04. The number of carbonyl (C=O) groups is 2. The third-order valence-electron chi connectivity index (χ3n) is 1.49. The van der Waals surface area contributed by atoms with Gasteiger partial charge in [0.2, 0.25) is 0 Å². The number of nitrogens with zero attached hydrogens (tertiary/aromatic N) is 1. The van der Waals surface area contributed by atoms with E-state index in [0.717, 1.165) is 5.01 Å². The summed E-state index contributed by atoms with van der Waals surface area (Å²) in [4.78, 5) is 21.9. The maximum Gasteiger partial charge on any atom is 0.268 e. The zero-order valence-electron chi connectivity index (χ0n) is 6.99. The highest BCUT2D eigenvalue weighted by Gasteiger charge is 2.22. The highest BCUT2D eigenvalue weighted by atomic mass is 16.3. The van der Waals surface area contributed by atoms with Crippen molar-refractivity contribution in [3.05, 3.63) is 12.2 Å². The molecule has 6 nitrogen and oxygen atoms in total. The second kappa shape index (κ2) is 4.70. The summed E-state index contributed by atoms with van der Waals surface area (Å²) in [6.45, 7) is 0.759. The molecule has 1 aliphatic heterocycles. The van der Waals surface area contributed by atoms with Gasteiger partial charge in [-0.25, -0.2) is 10.4 Å². The van der Waals surface area contributed by atoms with Gasteiger partial charge in [0.05, 0.1) is 6.73 Å². The third kappa shape index (κ3) is 2.62. The van der Waals surface area contributed by atoms with E-state index in [-0.39, 0.29) is 18.5 Å². The molecule has 0 aromatic rings. The molecule has 1 aliphatic rings. The number of amides is 2. The molecule has 0 saturated heterocycles. The summed E-state index contributed by atoms with van der Waals surface area (Å²) in [5.41, 5.74) is 2.61. The first kappa shape index (κ1) is 9.85. The van der Waals surface area contributed by atoms with Crippen LogP contribution >= 0.6 is 0 Å². The molecule has 1 rings (SSSR count). The van der Waals surface area contributed by atoms with E-state index in [1.165, 1.54) is 12.2 Å². The summed E-state index contributed by atoms with van der Waals surface area (Å²) in [5.74, 6) is -0.733. The van der Waals surface area contributed by atoms with Crippen molar-refractivity contribution in [2.24, 2.45) is 0 Å². The van der Waals surface area contributed by atoms with Gasteiger partial charge in [-0.15, -0.1) is 0 Å². The first-order valence-electron chi connectivity index (χ1n) is 3.87. The van der Waals surface area contributed by atoms with Crippen molar-refractivity contribution < 1.29 is 14.7 Å². The van der Waals surface area contributed by atoms with Crippen molar-refractivity contribution in [3.63, 3.8) is 0 Å². The lowest BCUT2D eigenvalue weighted by molar-refractivity contribution is -0.140. The highest BCUT2D eigenvalue weighted by Crippen LogP contribution is 1.98. The molecule has 0 atom stereocenters. The molecule has 0 bridgehead atoms. The smallest absolute Gasteiger partial charge is 0.268 e. The molecule has 2 amide bonds. The van der Waals surface area contributed by atoms with Crippen LogP contribution < -0.4 is 10.7 Å². The largest absolute Gasteiger partial charge is 0.381 e. The average Bonchev–Trinajstić information content (AvgIpc) is 2.42. The highest BCUT2D eigenvalue weighted by molar-refractivity contribution is 6.12. The zero-order chi connectivity index (χ0) is 9.68. The standard InChI is InChI=1S/C7H11N3O3/c11-5-8-3-4-9-10-6(12)1-2-7(10)13/h1-2,8-9,11H,3-5H2. The van der Waals surface area contributed by atoms with Gasteiger partial charge in [-0.05, 0) is 0 Å². The van der Waals surface area contributed by atoms with Gasteiger partial charge in [0.1, 0.15) is 0 Å². The summed E-state index contributed by atoms with van der Waals surface area (Å²) >= 11 is 0. The lowest BCUT2D eigenvalue weighted by atomic mass is 10.6. The molecule has 6 heteroatoms. The Morgan fingerprint density at radius 2 is 1.85 bits per heavy atom. The molecular formula is C7H11N3O3. The molecule has 0 radical (unpaired) electrons. The topological polar surface area (TPSA) is 81.7 Å². The van der Waals surface area contributed by atoms with Crippen LogP contribution in [0.15, 0.2) is 12.2 Å². The number of nitrogens with one attached hydrogen (secondary N) is 2. The van der Waals surface area contributed by atoms with Crippen LogP contribution in [-0.2, 0) is 9.59 Å². The van der Waals surface area contributed by atoms with Crippen molar-refractivity contribution in [2.75, 3.05) is 19.8 Å². The number of hydrazine groups is 1. The number of carbonyl (C=O) groups excluding carboxylic acids is 2. The van der Waals surface area contributed by atoms with E-state index in [1.54, 1.807) is 0 Å². The van der Waals surface area contributed by atoms with Crippen molar-refractivity contribution >= 4 is 11.8 Å². The predicted molar refractivity (Wildman–Crippen MR) is 44.1 cm³/mol. The first-order chi connectivity index (χ1) is 6.25. The third-order valence-corrected chi connectivity index (χ3v) is 1.49. The van der Waals surface area contributed by atoms with Crippen molar-refractivity contribution in [1.82, 2.24) is 15.8 Å². The van der Waals surface area contributed by atoms with Crippen LogP contribution in [0.3, 0.4) is 0 Å². The normalized spacial score (nSPS) is 15.9. The van der Waals surface area contributed by atoms with Gasteiger partial charge in [0, 0.05) is 25.2 Å². The summed E-state index contributed by atoms with van der Waals surface area (Å²) < 4.78 is 0. The summed E-state index contributed by atoms with van der Waals surface area (Å²) in [6.07, 6.45) is 2.41. The molecule has 0 aromatic heterocycles. The zero-order valence-corrected chi connectivity index (χ0v) is 6.99. The van der Waals surface area contributed by atoms with Crippen LogP contribution in [0.5, 0.6) is 0 Å². The Morgan fingerprint density at radius 1 is 1.23 bits per heavy atom. The Hall–Kier alpha value is -1.24. The minimum Gasteiger partial charge on any atom is -0.381 e. The van der Waals surface area contributed by atoms with Crippen molar-refractivity contribution in [2.45, 2.75) is 0 Å². The molecule has 0 aromatic carbocycles. The number of aliphatic hydroxyl groups is 1. The Kier molecular flexibility index (Phi) is 3.56. The van der Waals surface area contributed by atoms with Crippen LogP contribution in [0.25, 0.3) is 0 Å². The van der Waals surface area contributed by atoms with E-state index in [0.29, 0.717) is 13.1 Å². The first-order valence-corrected chi connectivity index (χ1v) is 3.87. The van der Waals surface area contributed by atoms with Crippen LogP contribution in [0.1, 0.15) is 0 Å². The molecule has 3 N–H and O–H groups in total. The molecule has 0 aliphatic carbocycles. The van der Waals surface area contributed by atoms with Gasteiger partial charge >= 0.3 is 0 Å². The Balaban J connectivity index is 2.22. The number of hydrogen-bond acceptors (Lipinski definition) is 5. The van der Waals surface area contributed by atoms with E-state index in [4.69, 9.17) is 5.11 Å². The molecule has 0 unspecified atom stereocenters. The Bertz CT molecular complexity index is 221. The maximum atomic E-state index is 10.9.